The van der Waals surface area contributed by atoms with E-state index in [4.69, 9.17) is 23.9 Å². The Morgan fingerprint density at radius 2 is 1.29 bits per heavy atom. The highest BCUT2D eigenvalue weighted by molar-refractivity contribution is 6.15. The number of methoxy groups -OCH3 is 2. The lowest BCUT2D eigenvalue weighted by Crippen LogP contribution is -2.03. The second kappa shape index (κ2) is 13.0. The molecule has 6 nitrogen and oxygen atoms in total. The van der Waals surface area contributed by atoms with Gasteiger partial charge in [-0.25, -0.2) is 4.99 Å². The number of fused-ring (bicyclic) bond motifs is 1. The van der Waals surface area contributed by atoms with Crippen LogP contribution in [-0.2, 0) is 6.42 Å². The zero-order valence-electron chi connectivity index (χ0n) is 23.9. The molecule has 0 N–H and O–H groups in total. The molecule has 1 aromatic heterocycles. The van der Waals surface area contributed by atoms with Crippen LogP contribution < -0.4 is 18.9 Å². The van der Waals surface area contributed by atoms with E-state index in [9.17, 15) is 0 Å². The first-order valence-corrected chi connectivity index (χ1v) is 13.8. The van der Waals surface area contributed by atoms with Gasteiger partial charge in [0.05, 0.1) is 33.1 Å². The van der Waals surface area contributed by atoms with Crippen LogP contribution in [0.2, 0.25) is 0 Å². The van der Waals surface area contributed by atoms with Crippen molar-refractivity contribution >= 4 is 22.2 Å². The Labute approximate surface area is 241 Å². The van der Waals surface area contributed by atoms with Gasteiger partial charge in [0.2, 0.25) is 5.75 Å². The normalized spacial score (nSPS) is 10.7. The number of benzene rings is 4. The summed E-state index contributed by atoms with van der Waals surface area (Å²) in [4.78, 5) is 9.92. The number of hydrogen-bond acceptors (Lipinski definition) is 6. The molecule has 0 bridgehead atoms. The lowest BCUT2D eigenvalue weighted by molar-refractivity contribution is 0.288. The quantitative estimate of drug-likeness (QED) is 0.158. The molecule has 0 unspecified atom stereocenters. The molecule has 5 rings (SSSR count). The number of nitrogens with zero attached hydrogens (tertiary/aromatic N) is 2. The van der Waals surface area contributed by atoms with Crippen molar-refractivity contribution in [3.8, 4) is 23.0 Å². The summed E-state index contributed by atoms with van der Waals surface area (Å²) in [5, 5.41) is 1.97. The lowest BCUT2D eigenvalue weighted by atomic mass is 9.98. The van der Waals surface area contributed by atoms with Crippen LogP contribution >= 0.6 is 0 Å². The maximum Gasteiger partial charge on any atom is 0.203 e. The Kier molecular flexibility index (Phi) is 8.79. The smallest absolute Gasteiger partial charge is 0.203 e. The van der Waals surface area contributed by atoms with Gasteiger partial charge in [-0.15, -0.1) is 0 Å². The molecule has 4 aromatic carbocycles. The van der Waals surface area contributed by atoms with Crippen LogP contribution in [0, 0.1) is 0 Å². The first kappa shape index (κ1) is 27.7. The molecule has 208 valence electrons. The number of aliphatic imine (C=N–C) groups is 1. The van der Waals surface area contributed by atoms with E-state index in [0.717, 1.165) is 44.4 Å². The van der Waals surface area contributed by atoms with Gasteiger partial charge in [-0.1, -0.05) is 66.7 Å². The number of pyridine rings is 1. The molecule has 0 atom stereocenters. The Bertz CT molecular complexity index is 1580. The topological polar surface area (TPSA) is 62.2 Å². The van der Waals surface area contributed by atoms with Crippen LogP contribution in [0.3, 0.4) is 0 Å². The van der Waals surface area contributed by atoms with Gasteiger partial charge in [0.25, 0.3) is 0 Å². The summed E-state index contributed by atoms with van der Waals surface area (Å²) in [5.74, 6) is 2.58. The third-order valence-electron chi connectivity index (χ3n) is 6.78. The maximum absolute atomic E-state index is 6.09. The predicted octanol–water partition coefficient (Wildman–Crippen LogP) is 7.81. The monoisotopic (exact) mass is 546 g/mol. The van der Waals surface area contributed by atoms with Gasteiger partial charge in [-0.2, -0.15) is 0 Å². The highest BCUT2D eigenvalue weighted by atomic mass is 16.5. The number of aromatic nitrogens is 1. The Balaban J connectivity index is 1.67. The van der Waals surface area contributed by atoms with Crippen LogP contribution in [-0.4, -0.2) is 38.1 Å². The van der Waals surface area contributed by atoms with E-state index in [1.54, 1.807) is 14.2 Å². The van der Waals surface area contributed by atoms with Gasteiger partial charge in [0.15, 0.2) is 11.5 Å². The summed E-state index contributed by atoms with van der Waals surface area (Å²) < 4.78 is 23.2. The minimum absolute atomic E-state index is 0.513. The standard InChI is InChI=1S/C35H34N2O4/c1-5-40-30-18-17-28-27(19-24-20-31(38-3)35(41-6-2)32(21-24)39-4)22-36-23-29(28)34(30)37-33(25-13-9-7-10-14-25)26-15-11-8-12-16-26/h7-18,20-23H,5-6,19H2,1-4H3. The Hall–Kier alpha value is -4.84. The van der Waals surface area contributed by atoms with E-state index in [1.165, 1.54) is 0 Å². The van der Waals surface area contributed by atoms with Gasteiger partial charge in [0, 0.05) is 28.9 Å². The van der Waals surface area contributed by atoms with Gasteiger partial charge < -0.3 is 18.9 Å². The molecular formula is C35H34N2O4. The Morgan fingerprint density at radius 1 is 0.683 bits per heavy atom. The van der Waals surface area contributed by atoms with Gasteiger partial charge in [0.1, 0.15) is 11.4 Å². The average molecular weight is 547 g/mol. The maximum atomic E-state index is 6.09. The van der Waals surface area contributed by atoms with Crippen molar-refractivity contribution in [3.63, 3.8) is 0 Å². The van der Waals surface area contributed by atoms with Crippen molar-refractivity contribution in [1.29, 1.82) is 0 Å². The lowest BCUT2D eigenvalue weighted by Gasteiger charge is -2.17. The molecule has 6 heteroatoms. The number of hydrogen-bond donors (Lipinski definition) is 0. The molecular weight excluding hydrogens is 512 g/mol. The van der Waals surface area contributed by atoms with Crippen molar-refractivity contribution in [2.24, 2.45) is 4.99 Å². The summed E-state index contributed by atoms with van der Waals surface area (Å²) in [5.41, 5.74) is 5.74. The summed E-state index contributed by atoms with van der Waals surface area (Å²) >= 11 is 0. The fourth-order valence-corrected chi connectivity index (χ4v) is 4.94. The minimum Gasteiger partial charge on any atom is -0.493 e. The predicted molar refractivity (Wildman–Crippen MR) is 165 cm³/mol. The molecule has 0 saturated heterocycles. The summed E-state index contributed by atoms with van der Waals surface area (Å²) in [6, 6.07) is 28.5. The van der Waals surface area contributed by atoms with Crippen LogP contribution in [0.1, 0.15) is 36.1 Å². The van der Waals surface area contributed by atoms with Crippen molar-refractivity contribution in [1.82, 2.24) is 4.98 Å². The van der Waals surface area contributed by atoms with Crippen molar-refractivity contribution in [3.05, 3.63) is 120 Å². The van der Waals surface area contributed by atoms with Crippen molar-refractivity contribution in [2.75, 3.05) is 27.4 Å². The van der Waals surface area contributed by atoms with Crippen LogP contribution in [0.15, 0.2) is 102 Å². The highest BCUT2D eigenvalue weighted by Crippen LogP contribution is 2.41. The largest absolute Gasteiger partial charge is 0.493 e. The molecule has 5 aromatic rings. The first-order valence-electron chi connectivity index (χ1n) is 13.8. The van der Waals surface area contributed by atoms with E-state index in [1.807, 2.05) is 80.8 Å². The molecule has 0 spiro atoms. The molecule has 41 heavy (non-hydrogen) atoms. The average Bonchev–Trinajstić information content (AvgIpc) is 3.02. The summed E-state index contributed by atoms with van der Waals surface area (Å²) in [6.07, 6.45) is 4.39. The first-order chi connectivity index (χ1) is 20.2. The van der Waals surface area contributed by atoms with Crippen molar-refractivity contribution in [2.45, 2.75) is 20.3 Å². The zero-order chi connectivity index (χ0) is 28.6. The summed E-state index contributed by atoms with van der Waals surface area (Å²) in [6.45, 7) is 4.96. The summed E-state index contributed by atoms with van der Waals surface area (Å²) in [7, 11) is 3.27. The SMILES string of the molecule is CCOc1ccc2c(Cc3cc(OC)c(OCC)c(OC)c3)cncc2c1N=C(c1ccccc1)c1ccccc1. The third kappa shape index (κ3) is 6.02. The van der Waals surface area contributed by atoms with Gasteiger partial charge in [-0.05, 0) is 55.0 Å². The van der Waals surface area contributed by atoms with E-state index in [0.29, 0.717) is 42.6 Å². The second-order valence-corrected chi connectivity index (χ2v) is 9.37. The van der Waals surface area contributed by atoms with Crippen LogP contribution in [0.5, 0.6) is 23.0 Å². The van der Waals surface area contributed by atoms with Crippen molar-refractivity contribution < 1.29 is 18.9 Å². The zero-order valence-corrected chi connectivity index (χ0v) is 23.9. The molecule has 0 fully saturated rings. The molecule has 0 aliphatic heterocycles. The van der Waals surface area contributed by atoms with Crippen LogP contribution in [0.4, 0.5) is 5.69 Å². The van der Waals surface area contributed by atoms with E-state index in [2.05, 4.69) is 35.3 Å². The molecule has 0 radical (unpaired) electrons. The highest BCUT2D eigenvalue weighted by Gasteiger charge is 2.17. The molecule has 1 heterocycles. The van der Waals surface area contributed by atoms with Gasteiger partial charge >= 0.3 is 0 Å². The second-order valence-electron chi connectivity index (χ2n) is 9.37. The molecule has 0 aliphatic rings. The minimum atomic E-state index is 0.513. The van der Waals surface area contributed by atoms with E-state index in [-0.39, 0.29) is 0 Å². The van der Waals surface area contributed by atoms with E-state index >= 15 is 0 Å². The molecule has 0 aliphatic carbocycles. The third-order valence-corrected chi connectivity index (χ3v) is 6.78. The number of ether oxygens (including phenoxy) is 4. The number of rotatable bonds is 11. The Morgan fingerprint density at radius 3 is 1.85 bits per heavy atom. The van der Waals surface area contributed by atoms with Gasteiger partial charge in [-0.3, -0.25) is 4.98 Å². The molecule has 0 saturated carbocycles. The van der Waals surface area contributed by atoms with Crippen LogP contribution in [0.25, 0.3) is 10.8 Å². The fraction of sp³-hybridized carbons (Fsp3) is 0.200. The molecule has 0 amide bonds. The van der Waals surface area contributed by atoms with E-state index < -0.39 is 0 Å². The fourth-order valence-electron chi connectivity index (χ4n) is 4.94.